The van der Waals surface area contributed by atoms with Gasteiger partial charge in [0.15, 0.2) is 0 Å². The van der Waals surface area contributed by atoms with Crippen molar-refractivity contribution in [2.24, 2.45) is 0 Å². The van der Waals surface area contributed by atoms with Crippen LogP contribution in [-0.2, 0) is 0 Å². The Balaban J connectivity index is 2.03. The molecule has 0 aromatic heterocycles. The van der Waals surface area contributed by atoms with Gasteiger partial charge in [0.25, 0.3) is 0 Å². The minimum atomic E-state index is -0.204. The molecule has 0 radical (unpaired) electrons. The van der Waals surface area contributed by atoms with E-state index in [0.29, 0.717) is 0 Å². The molecule has 1 aliphatic rings. The van der Waals surface area contributed by atoms with E-state index in [4.69, 9.17) is 11.6 Å². The second kappa shape index (κ2) is 5.17. The first kappa shape index (κ1) is 11.9. The first-order valence-electron chi connectivity index (χ1n) is 5.87. The van der Waals surface area contributed by atoms with Crippen LogP contribution in [0.25, 0.3) is 0 Å². The van der Waals surface area contributed by atoms with Gasteiger partial charge in [0.2, 0.25) is 0 Å². The van der Waals surface area contributed by atoms with Gasteiger partial charge in [-0.05, 0) is 37.8 Å². The van der Waals surface area contributed by atoms with Crippen LogP contribution in [0.4, 0.5) is 0 Å². The fourth-order valence-electron chi connectivity index (χ4n) is 2.37. The van der Waals surface area contributed by atoms with Crippen molar-refractivity contribution in [1.82, 2.24) is 5.32 Å². The van der Waals surface area contributed by atoms with Crippen LogP contribution in [-0.4, -0.2) is 17.3 Å². The lowest BCUT2D eigenvalue weighted by Crippen LogP contribution is -2.37. The molecule has 1 fully saturated rings. The third-order valence-corrected chi connectivity index (χ3v) is 3.66. The number of aliphatic hydroxyl groups is 1. The minimum absolute atomic E-state index is 0.187. The van der Waals surface area contributed by atoms with Crippen molar-refractivity contribution >= 4 is 11.6 Å². The summed E-state index contributed by atoms with van der Waals surface area (Å²) in [5.41, 5.74) is 1.10. The third-order valence-electron chi connectivity index (χ3n) is 3.32. The van der Waals surface area contributed by atoms with Gasteiger partial charge in [-0.3, -0.25) is 0 Å². The van der Waals surface area contributed by atoms with Crippen LogP contribution < -0.4 is 5.32 Å². The van der Waals surface area contributed by atoms with Crippen molar-refractivity contribution in [3.8, 4) is 0 Å². The highest BCUT2D eigenvalue weighted by atomic mass is 35.5. The molecule has 0 bridgehead atoms. The summed E-state index contributed by atoms with van der Waals surface area (Å²) in [4.78, 5) is 0. The number of rotatable bonds is 3. The Morgan fingerprint density at radius 3 is 2.75 bits per heavy atom. The molecule has 0 amide bonds. The van der Waals surface area contributed by atoms with Crippen LogP contribution in [0.2, 0.25) is 5.02 Å². The van der Waals surface area contributed by atoms with Crippen molar-refractivity contribution in [2.45, 2.75) is 44.4 Å². The molecule has 88 valence electrons. The maximum absolute atomic E-state index is 9.76. The number of hydrogen-bond acceptors (Lipinski definition) is 2. The molecule has 2 N–H and O–H groups in total. The number of aliphatic hydroxyl groups excluding tert-OH is 1. The number of nitrogens with one attached hydrogen (secondary N) is 1. The van der Waals surface area contributed by atoms with E-state index in [1.54, 1.807) is 0 Å². The predicted octanol–water partition coefficient (Wildman–Crippen LogP) is 2.90. The van der Waals surface area contributed by atoms with Crippen LogP contribution in [0.5, 0.6) is 0 Å². The zero-order chi connectivity index (χ0) is 11.5. The SMILES string of the molecule is CC(NC1CCCC1O)c1ccccc1Cl. The van der Waals surface area contributed by atoms with Gasteiger partial charge < -0.3 is 10.4 Å². The van der Waals surface area contributed by atoms with Gasteiger partial charge in [-0.1, -0.05) is 29.8 Å². The summed E-state index contributed by atoms with van der Waals surface area (Å²) in [7, 11) is 0. The first-order valence-corrected chi connectivity index (χ1v) is 6.25. The fraction of sp³-hybridized carbons (Fsp3) is 0.538. The van der Waals surface area contributed by atoms with Crippen molar-refractivity contribution in [3.63, 3.8) is 0 Å². The second-order valence-electron chi connectivity index (χ2n) is 4.51. The van der Waals surface area contributed by atoms with E-state index in [1.807, 2.05) is 24.3 Å². The van der Waals surface area contributed by atoms with E-state index in [2.05, 4.69) is 12.2 Å². The molecular weight excluding hydrogens is 222 g/mol. The molecule has 0 heterocycles. The van der Waals surface area contributed by atoms with Crippen LogP contribution in [0, 0.1) is 0 Å². The van der Waals surface area contributed by atoms with Gasteiger partial charge in [-0.2, -0.15) is 0 Å². The normalized spacial score (nSPS) is 26.9. The Morgan fingerprint density at radius 2 is 2.12 bits per heavy atom. The van der Waals surface area contributed by atoms with Gasteiger partial charge in [0.1, 0.15) is 0 Å². The molecule has 0 spiro atoms. The molecule has 2 rings (SSSR count). The molecule has 16 heavy (non-hydrogen) atoms. The van der Waals surface area contributed by atoms with Crippen molar-refractivity contribution in [3.05, 3.63) is 34.9 Å². The van der Waals surface area contributed by atoms with E-state index in [-0.39, 0.29) is 18.2 Å². The smallest absolute Gasteiger partial charge is 0.0693 e. The molecule has 1 aliphatic carbocycles. The van der Waals surface area contributed by atoms with Gasteiger partial charge in [-0.25, -0.2) is 0 Å². The lowest BCUT2D eigenvalue weighted by atomic mass is 10.1. The van der Waals surface area contributed by atoms with Gasteiger partial charge >= 0.3 is 0 Å². The molecule has 3 heteroatoms. The average molecular weight is 240 g/mol. The van der Waals surface area contributed by atoms with Crippen molar-refractivity contribution < 1.29 is 5.11 Å². The average Bonchev–Trinajstić information content (AvgIpc) is 2.65. The molecule has 1 aromatic carbocycles. The van der Waals surface area contributed by atoms with E-state index < -0.39 is 0 Å². The van der Waals surface area contributed by atoms with E-state index in [0.717, 1.165) is 29.8 Å². The zero-order valence-corrected chi connectivity index (χ0v) is 10.2. The van der Waals surface area contributed by atoms with Crippen LogP contribution in [0.1, 0.15) is 37.8 Å². The van der Waals surface area contributed by atoms with Gasteiger partial charge in [-0.15, -0.1) is 0 Å². The van der Waals surface area contributed by atoms with Crippen LogP contribution in [0.3, 0.4) is 0 Å². The van der Waals surface area contributed by atoms with Crippen molar-refractivity contribution in [1.29, 1.82) is 0 Å². The molecular formula is C13H18ClNO. The summed E-state index contributed by atoms with van der Waals surface area (Å²) in [5.74, 6) is 0. The Bertz CT molecular complexity index is 356. The quantitative estimate of drug-likeness (QED) is 0.850. The standard InChI is InChI=1S/C13H18ClNO/c1-9(10-5-2-3-6-11(10)14)15-12-7-4-8-13(12)16/h2-3,5-6,9,12-13,15-16H,4,7-8H2,1H3. The number of halogens is 1. The fourth-order valence-corrected chi connectivity index (χ4v) is 2.67. The zero-order valence-electron chi connectivity index (χ0n) is 9.49. The minimum Gasteiger partial charge on any atom is -0.392 e. The lowest BCUT2D eigenvalue weighted by Gasteiger charge is -2.23. The number of benzene rings is 1. The summed E-state index contributed by atoms with van der Waals surface area (Å²) in [6.45, 7) is 2.09. The highest BCUT2D eigenvalue weighted by Gasteiger charge is 2.26. The first-order chi connectivity index (χ1) is 7.68. The molecule has 1 saturated carbocycles. The molecule has 0 aliphatic heterocycles. The van der Waals surface area contributed by atoms with E-state index >= 15 is 0 Å². The van der Waals surface area contributed by atoms with E-state index in [1.165, 1.54) is 0 Å². The lowest BCUT2D eigenvalue weighted by molar-refractivity contribution is 0.144. The van der Waals surface area contributed by atoms with Crippen molar-refractivity contribution in [2.75, 3.05) is 0 Å². The largest absolute Gasteiger partial charge is 0.392 e. The highest BCUT2D eigenvalue weighted by molar-refractivity contribution is 6.31. The molecule has 3 unspecified atom stereocenters. The molecule has 2 nitrogen and oxygen atoms in total. The van der Waals surface area contributed by atoms with Gasteiger partial charge in [0, 0.05) is 17.1 Å². The number of hydrogen-bond donors (Lipinski definition) is 2. The topological polar surface area (TPSA) is 32.3 Å². The van der Waals surface area contributed by atoms with Crippen LogP contribution >= 0.6 is 11.6 Å². The van der Waals surface area contributed by atoms with Gasteiger partial charge in [0.05, 0.1) is 6.10 Å². The maximum Gasteiger partial charge on any atom is 0.0693 e. The molecule has 1 aromatic rings. The Kier molecular flexibility index (Phi) is 3.85. The summed E-state index contributed by atoms with van der Waals surface area (Å²) < 4.78 is 0. The monoisotopic (exact) mass is 239 g/mol. The molecule has 0 saturated heterocycles. The molecule has 3 atom stereocenters. The summed E-state index contributed by atoms with van der Waals surface area (Å²) in [5, 5.41) is 14.0. The predicted molar refractivity (Wildman–Crippen MR) is 66.6 cm³/mol. The maximum atomic E-state index is 9.76. The summed E-state index contributed by atoms with van der Waals surface area (Å²) in [6.07, 6.45) is 2.86. The van der Waals surface area contributed by atoms with E-state index in [9.17, 15) is 5.11 Å². The Labute approximate surface area is 102 Å². The Hall–Kier alpha value is -0.570. The summed E-state index contributed by atoms with van der Waals surface area (Å²) in [6, 6.07) is 8.26. The van der Waals surface area contributed by atoms with Crippen LogP contribution in [0.15, 0.2) is 24.3 Å². The highest BCUT2D eigenvalue weighted by Crippen LogP contribution is 2.26. The summed E-state index contributed by atoms with van der Waals surface area (Å²) >= 11 is 6.14. The second-order valence-corrected chi connectivity index (χ2v) is 4.92. The third kappa shape index (κ3) is 2.57. The Morgan fingerprint density at radius 1 is 1.38 bits per heavy atom.